The SMILES string of the molecule is COc1ccccc1-n1cc(CNC(=O)c2c(C)ncn2C)cn1. The van der Waals surface area contributed by atoms with Gasteiger partial charge in [-0.1, -0.05) is 12.1 Å². The van der Waals surface area contributed by atoms with E-state index in [4.69, 9.17) is 4.74 Å². The van der Waals surface area contributed by atoms with Gasteiger partial charge in [-0.05, 0) is 19.1 Å². The maximum atomic E-state index is 12.3. The zero-order chi connectivity index (χ0) is 17.1. The highest BCUT2D eigenvalue weighted by Gasteiger charge is 2.14. The lowest BCUT2D eigenvalue weighted by molar-refractivity contribution is 0.0942. The lowest BCUT2D eigenvalue weighted by atomic mass is 10.3. The van der Waals surface area contributed by atoms with Crippen LogP contribution in [-0.4, -0.2) is 32.3 Å². The number of benzene rings is 1. The van der Waals surface area contributed by atoms with Crippen LogP contribution in [0, 0.1) is 6.92 Å². The van der Waals surface area contributed by atoms with Crippen LogP contribution < -0.4 is 10.1 Å². The van der Waals surface area contributed by atoms with Crippen LogP contribution in [0.25, 0.3) is 5.69 Å². The van der Waals surface area contributed by atoms with E-state index < -0.39 is 0 Å². The molecule has 24 heavy (non-hydrogen) atoms. The van der Waals surface area contributed by atoms with Gasteiger partial charge in [-0.15, -0.1) is 0 Å². The monoisotopic (exact) mass is 325 g/mol. The molecule has 1 N–H and O–H groups in total. The zero-order valence-corrected chi connectivity index (χ0v) is 13.9. The second-order valence-electron chi connectivity index (χ2n) is 5.44. The van der Waals surface area contributed by atoms with Crippen molar-refractivity contribution in [1.29, 1.82) is 0 Å². The number of aromatic nitrogens is 4. The first-order chi connectivity index (χ1) is 11.6. The van der Waals surface area contributed by atoms with Gasteiger partial charge in [0.15, 0.2) is 0 Å². The Balaban J connectivity index is 1.72. The summed E-state index contributed by atoms with van der Waals surface area (Å²) in [6.45, 7) is 2.20. The zero-order valence-electron chi connectivity index (χ0n) is 13.9. The summed E-state index contributed by atoms with van der Waals surface area (Å²) in [5.41, 5.74) is 3.01. The van der Waals surface area contributed by atoms with Crippen molar-refractivity contribution in [3.63, 3.8) is 0 Å². The normalized spacial score (nSPS) is 10.6. The van der Waals surface area contributed by atoms with Crippen molar-refractivity contribution in [2.75, 3.05) is 7.11 Å². The highest BCUT2D eigenvalue weighted by Crippen LogP contribution is 2.21. The molecule has 1 amide bonds. The van der Waals surface area contributed by atoms with E-state index >= 15 is 0 Å². The summed E-state index contributed by atoms with van der Waals surface area (Å²) < 4.78 is 8.79. The number of carbonyl (C=O) groups is 1. The highest BCUT2D eigenvalue weighted by molar-refractivity contribution is 5.93. The third kappa shape index (κ3) is 3.01. The molecule has 0 bridgehead atoms. The van der Waals surface area contributed by atoms with Gasteiger partial charge in [0.25, 0.3) is 5.91 Å². The first-order valence-electron chi connectivity index (χ1n) is 7.53. The maximum Gasteiger partial charge on any atom is 0.270 e. The second kappa shape index (κ2) is 6.57. The number of carbonyl (C=O) groups excluding carboxylic acids is 1. The molecule has 0 aliphatic carbocycles. The van der Waals surface area contributed by atoms with Crippen LogP contribution in [0.2, 0.25) is 0 Å². The van der Waals surface area contributed by atoms with Crippen LogP contribution in [0.5, 0.6) is 5.75 Å². The summed E-state index contributed by atoms with van der Waals surface area (Å²) in [6.07, 6.45) is 5.22. The molecule has 2 aromatic heterocycles. The van der Waals surface area contributed by atoms with E-state index in [1.165, 1.54) is 0 Å². The maximum absolute atomic E-state index is 12.3. The Morgan fingerprint density at radius 3 is 2.83 bits per heavy atom. The van der Waals surface area contributed by atoms with Crippen molar-refractivity contribution < 1.29 is 9.53 Å². The summed E-state index contributed by atoms with van der Waals surface area (Å²) in [5, 5.41) is 7.23. The fourth-order valence-electron chi connectivity index (χ4n) is 2.54. The smallest absolute Gasteiger partial charge is 0.270 e. The fraction of sp³-hybridized carbons (Fsp3) is 0.235. The number of nitrogens with zero attached hydrogens (tertiary/aromatic N) is 4. The van der Waals surface area contributed by atoms with Gasteiger partial charge in [0, 0.05) is 25.4 Å². The van der Waals surface area contributed by atoms with Crippen LogP contribution in [0.1, 0.15) is 21.7 Å². The molecule has 0 unspecified atom stereocenters. The average molecular weight is 325 g/mol. The molecule has 0 spiro atoms. The fourth-order valence-corrected chi connectivity index (χ4v) is 2.54. The number of hydrogen-bond acceptors (Lipinski definition) is 4. The van der Waals surface area contributed by atoms with Crippen LogP contribution >= 0.6 is 0 Å². The average Bonchev–Trinajstić information content (AvgIpc) is 3.19. The molecule has 2 heterocycles. The Kier molecular flexibility index (Phi) is 4.33. The van der Waals surface area contributed by atoms with E-state index in [9.17, 15) is 4.79 Å². The minimum Gasteiger partial charge on any atom is -0.494 e. The Hall–Kier alpha value is -3.09. The quantitative estimate of drug-likeness (QED) is 0.777. The lowest BCUT2D eigenvalue weighted by Crippen LogP contribution is -2.25. The predicted molar refractivity (Wildman–Crippen MR) is 89.2 cm³/mol. The first kappa shape index (κ1) is 15.8. The first-order valence-corrected chi connectivity index (χ1v) is 7.53. The van der Waals surface area contributed by atoms with Gasteiger partial charge >= 0.3 is 0 Å². The largest absolute Gasteiger partial charge is 0.494 e. The standard InChI is InChI=1S/C17H19N5O2/c1-12-16(21(2)11-19-12)17(23)18-8-13-9-20-22(10-13)14-6-4-5-7-15(14)24-3/h4-7,9-11H,8H2,1-3H3,(H,18,23). The Morgan fingerprint density at radius 2 is 2.12 bits per heavy atom. The van der Waals surface area contributed by atoms with Crippen molar-refractivity contribution in [1.82, 2.24) is 24.6 Å². The molecular formula is C17H19N5O2. The number of para-hydroxylation sites is 2. The minimum absolute atomic E-state index is 0.155. The Bertz CT molecular complexity index is 846. The molecule has 3 rings (SSSR count). The van der Waals surface area contributed by atoms with E-state index in [1.807, 2.05) is 37.4 Å². The van der Waals surface area contributed by atoms with Crippen molar-refractivity contribution in [3.8, 4) is 11.4 Å². The van der Waals surface area contributed by atoms with Gasteiger partial charge in [0.1, 0.15) is 17.1 Å². The third-order valence-electron chi connectivity index (χ3n) is 3.76. The molecule has 0 fully saturated rings. The molecule has 7 heteroatoms. The van der Waals surface area contributed by atoms with Crippen molar-refractivity contribution in [2.45, 2.75) is 13.5 Å². The summed E-state index contributed by atoms with van der Waals surface area (Å²) in [4.78, 5) is 16.4. The van der Waals surface area contributed by atoms with Crippen LogP contribution in [0.4, 0.5) is 0 Å². The van der Waals surface area contributed by atoms with Gasteiger partial charge in [-0.2, -0.15) is 5.10 Å². The molecule has 0 atom stereocenters. The molecule has 7 nitrogen and oxygen atoms in total. The number of aryl methyl sites for hydroxylation is 2. The number of ether oxygens (including phenoxy) is 1. The number of hydrogen-bond donors (Lipinski definition) is 1. The van der Waals surface area contributed by atoms with E-state index in [0.717, 1.165) is 17.0 Å². The van der Waals surface area contributed by atoms with Crippen molar-refractivity contribution in [3.05, 3.63) is 59.9 Å². The van der Waals surface area contributed by atoms with Gasteiger partial charge < -0.3 is 14.6 Å². The molecule has 124 valence electrons. The summed E-state index contributed by atoms with van der Waals surface area (Å²) in [7, 11) is 3.42. The number of imidazole rings is 1. The number of rotatable bonds is 5. The highest BCUT2D eigenvalue weighted by atomic mass is 16.5. The van der Waals surface area contributed by atoms with Crippen LogP contribution in [0.3, 0.4) is 0 Å². The molecular weight excluding hydrogens is 306 g/mol. The van der Waals surface area contributed by atoms with Gasteiger partial charge in [-0.25, -0.2) is 9.67 Å². The molecule has 0 aliphatic rings. The Morgan fingerprint density at radius 1 is 1.33 bits per heavy atom. The molecule has 1 aromatic carbocycles. The number of methoxy groups -OCH3 is 1. The molecule has 3 aromatic rings. The van der Waals surface area contributed by atoms with Crippen LogP contribution in [-0.2, 0) is 13.6 Å². The minimum atomic E-state index is -0.155. The van der Waals surface area contributed by atoms with Gasteiger partial charge in [0.05, 0.1) is 25.3 Å². The molecule has 0 saturated heterocycles. The topological polar surface area (TPSA) is 74.0 Å². The van der Waals surface area contributed by atoms with Crippen molar-refractivity contribution in [2.24, 2.45) is 7.05 Å². The Labute approximate surface area is 139 Å². The number of amides is 1. The second-order valence-corrected chi connectivity index (χ2v) is 5.44. The molecule has 0 aliphatic heterocycles. The third-order valence-corrected chi connectivity index (χ3v) is 3.76. The summed E-state index contributed by atoms with van der Waals surface area (Å²) >= 11 is 0. The van der Waals surface area contributed by atoms with Crippen molar-refractivity contribution >= 4 is 5.91 Å². The molecule has 0 radical (unpaired) electrons. The van der Waals surface area contributed by atoms with Gasteiger partial charge in [0.2, 0.25) is 0 Å². The summed E-state index contributed by atoms with van der Waals surface area (Å²) in [6, 6.07) is 7.63. The van der Waals surface area contributed by atoms with Crippen LogP contribution in [0.15, 0.2) is 43.0 Å². The number of nitrogens with one attached hydrogen (secondary N) is 1. The van der Waals surface area contributed by atoms with E-state index in [2.05, 4.69) is 15.4 Å². The van der Waals surface area contributed by atoms with E-state index in [1.54, 1.807) is 35.9 Å². The molecule has 0 saturated carbocycles. The lowest BCUT2D eigenvalue weighted by Gasteiger charge is -2.07. The van der Waals surface area contributed by atoms with Gasteiger partial charge in [-0.3, -0.25) is 4.79 Å². The predicted octanol–water partition coefficient (Wildman–Crippen LogP) is 1.85. The van der Waals surface area contributed by atoms with E-state index in [-0.39, 0.29) is 5.91 Å². The summed E-state index contributed by atoms with van der Waals surface area (Å²) in [5.74, 6) is 0.583. The van der Waals surface area contributed by atoms with E-state index in [0.29, 0.717) is 17.9 Å².